The summed E-state index contributed by atoms with van der Waals surface area (Å²) in [7, 11) is 0. The lowest BCUT2D eigenvalue weighted by atomic mass is 10.1. The number of hydrogen-bond donors (Lipinski definition) is 3. The molecule has 0 bridgehead atoms. The number of aryl methyl sites for hydroxylation is 2. The summed E-state index contributed by atoms with van der Waals surface area (Å²) in [6.07, 6.45) is 0. The van der Waals surface area contributed by atoms with E-state index in [2.05, 4.69) is 20.9 Å². The Balaban J connectivity index is 1.65. The monoisotopic (exact) mass is 350 g/mol. The van der Waals surface area contributed by atoms with E-state index in [9.17, 15) is 4.79 Å². The zero-order valence-electron chi connectivity index (χ0n) is 14.4. The van der Waals surface area contributed by atoms with Gasteiger partial charge >= 0.3 is 0 Å². The van der Waals surface area contributed by atoms with Crippen molar-refractivity contribution in [3.63, 3.8) is 0 Å². The van der Waals surface area contributed by atoms with Crippen LogP contribution in [0.2, 0.25) is 0 Å². The van der Waals surface area contributed by atoms with Crippen LogP contribution in [0.25, 0.3) is 0 Å². The number of hydrogen-bond acceptors (Lipinski definition) is 4. The second-order valence-electron chi connectivity index (χ2n) is 5.88. The van der Waals surface area contributed by atoms with Crippen molar-refractivity contribution in [2.45, 2.75) is 13.8 Å². The van der Waals surface area contributed by atoms with Gasteiger partial charge in [-0.2, -0.15) is 0 Å². The number of nitrogens with one attached hydrogen (secondary N) is 3. The minimum atomic E-state index is -0.107. The lowest BCUT2D eigenvalue weighted by Crippen LogP contribution is -2.45. The van der Waals surface area contributed by atoms with E-state index >= 15 is 0 Å². The lowest BCUT2D eigenvalue weighted by molar-refractivity contribution is -0.115. The van der Waals surface area contributed by atoms with Crippen LogP contribution in [0.4, 0.5) is 5.69 Å². The lowest BCUT2D eigenvalue weighted by Gasteiger charge is -2.26. The van der Waals surface area contributed by atoms with Crippen LogP contribution < -0.4 is 16.0 Å². The Kier molecular flexibility index (Phi) is 7.42. The molecule has 0 aromatic heterocycles. The van der Waals surface area contributed by atoms with Gasteiger partial charge in [0.1, 0.15) is 0 Å². The highest BCUT2D eigenvalue weighted by molar-refractivity contribution is 7.80. The highest BCUT2D eigenvalue weighted by Gasteiger charge is 2.10. The number of thiocarbonyl (C=S) groups is 1. The standard InChI is InChI=1S/C17H26N4O2S/c1-13-4-3-5-14(2)16(13)20-15(22)12-19-17(24)18-6-7-21-8-10-23-11-9-21/h3-5H,6-12H2,1-2H3,(H,20,22)(H2,18,19,24). The van der Waals surface area contributed by atoms with Gasteiger partial charge in [-0.3, -0.25) is 9.69 Å². The highest BCUT2D eigenvalue weighted by Crippen LogP contribution is 2.18. The van der Waals surface area contributed by atoms with E-state index in [1.807, 2.05) is 32.0 Å². The molecular weight excluding hydrogens is 324 g/mol. The molecule has 1 heterocycles. The fourth-order valence-corrected chi connectivity index (χ4v) is 2.74. The Hall–Kier alpha value is -1.70. The van der Waals surface area contributed by atoms with Gasteiger partial charge in [-0.05, 0) is 37.2 Å². The van der Waals surface area contributed by atoms with Gasteiger partial charge in [-0.1, -0.05) is 18.2 Å². The first-order valence-electron chi connectivity index (χ1n) is 8.24. The number of anilines is 1. The fourth-order valence-electron chi connectivity index (χ4n) is 2.57. The van der Waals surface area contributed by atoms with E-state index in [1.54, 1.807) is 0 Å². The number of rotatable bonds is 6. The van der Waals surface area contributed by atoms with Gasteiger partial charge in [-0.25, -0.2) is 0 Å². The molecule has 0 spiro atoms. The number of benzene rings is 1. The molecular formula is C17H26N4O2S. The van der Waals surface area contributed by atoms with Crippen LogP contribution in [0.5, 0.6) is 0 Å². The molecule has 0 aliphatic carbocycles. The summed E-state index contributed by atoms with van der Waals surface area (Å²) in [5.41, 5.74) is 2.97. The summed E-state index contributed by atoms with van der Waals surface area (Å²) >= 11 is 5.21. The van der Waals surface area contributed by atoms with Crippen LogP contribution in [0.15, 0.2) is 18.2 Å². The van der Waals surface area contributed by atoms with Crippen molar-refractivity contribution in [2.75, 3.05) is 51.3 Å². The van der Waals surface area contributed by atoms with Crippen LogP contribution in [-0.2, 0) is 9.53 Å². The molecule has 24 heavy (non-hydrogen) atoms. The number of amides is 1. The molecule has 6 nitrogen and oxygen atoms in total. The average Bonchev–Trinajstić information content (AvgIpc) is 2.57. The normalized spacial score (nSPS) is 14.9. The molecule has 0 unspecified atom stereocenters. The van der Waals surface area contributed by atoms with E-state index in [-0.39, 0.29) is 12.5 Å². The van der Waals surface area contributed by atoms with Gasteiger partial charge in [0.05, 0.1) is 19.8 Å². The summed E-state index contributed by atoms with van der Waals surface area (Å²) in [5.74, 6) is -0.107. The van der Waals surface area contributed by atoms with Gasteiger partial charge in [0.2, 0.25) is 5.91 Å². The molecule has 1 aromatic carbocycles. The number of carbonyl (C=O) groups is 1. The number of ether oxygens (including phenoxy) is 1. The molecule has 2 rings (SSSR count). The van der Waals surface area contributed by atoms with Gasteiger partial charge in [0, 0.05) is 31.9 Å². The van der Waals surface area contributed by atoms with Crippen molar-refractivity contribution < 1.29 is 9.53 Å². The number of morpholine rings is 1. The van der Waals surface area contributed by atoms with Crippen molar-refractivity contribution >= 4 is 28.9 Å². The second kappa shape index (κ2) is 9.56. The molecule has 1 aliphatic rings. The van der Waals surface area contributed by atoms with Gasteiger partial charge in [-0.15, -0.1) is 0 Å². The summed E-state index contributed by atoms with van der Waals surface area (Å²) in [5, 5.41) is 9.50. The first kappa shape index (κ1) is 18.6. The largest absolute Gasteiger partial charge is 0.379 e. The average molecular weight is 350 g/mol. The Bertz CT molecular complexity index is 553. The minimum Gasteiger partial charge on any atom is -0.379 e. The summed E-state index contributed by atoms with van der Waals surface area (Å²) in [6.45, 7) is 9.28. The third kappa shape index (κ3) is 6.07. The van der Waals surface area contributed by atoms with Crippen LogP contribution in [0.3, 0.4) is 0 Å². The third-order valence-corrected chi connectivity index (χ3v) is 4.26. The third-order valence-electron chi connectivity index (χ3n) is 3.97. The maximum absolute atomic E-state index is 12.1. The molecule has 1 saturated heterocycles. The van der Waals surface area contributed by atoms with Gasteiger partial charge in [0.15, 0.2) is 5.11 Å². The molecule has 0 atom stereocenters. The Labute approximate surface area is 148 Å². The predicted octanol–water partition coefficient (Wildman–Crippen LogP) is 1.04. The van der Waals surface area contributed by atoms with Crippen LogP contribution >= 0.6 is 12.2 Å². The van der Waals surface area contributed by atoms with Crippen LogP contribution in [0, 0.1) is 13.8 Å². The van der Waals surface area contributed by atoms with Crippen molar-refractivity contribution in [1.29, 1.82) is 0 Å². The second-order valence-corrected chi connectivity index (χ2v) is 6.29. The zero-order chi connectivity index (χ0) is 17.4. The number of nitrogens with zero attached hydrogens (tertiary/aromatic N) is 1. The molecule has 1 aliphatic heterocycles. The van der Waals surface area contributed by atoms with Crippen molar-refractivity contribution in [3.8, 4) is 0 Å². The first-order chi connectivity index (χ1) is 11.6. The summed E-state index contributed by atoms with van der Waals surface area (Å²) in [4.78, 5) is 14.4. The molecule has 0 radical (unpaired) electrons. The van der Waals surface area contributed by atoms with Gasteiger partial charge < -0.3 is 20.7 Å². The zero-order valence-corrected chi connectivity index (χ0v) is 15.2. The van der Waals surface area contributed by atoms with E-state index < -0.39 is 0 Å². The Morgan fingerprint density at radius 2 is 1.88 bits per heavy atom. The number of para-hydroxylation sites is 1. The Morgan fingerprint density at radius 3 is 2.54 bits per heavy atom. The van der Waals surface area contributed by atoms with E-state index in [4.69, 9.17) is 17.0 Å². The van der Waals surface area contributed by atoms with Crippen LogP contribution in [-0.4, -0.2) is 61.9 Å². The SMILES string of the molecule is Cc1cccc(C)c1NC(=O)CNC(=S)NCCN1CCOCC1. The quantitative estimate of drug-likeness (QED) is 0.666. The molecule has 7 heteroatoms. The molecule has 3 N–H and O–H groups in total. The van der Waals surface area contributed by atoms with E-state index in [0.717, 1.165) is 56.2 Å². The number of carbonyl (C=O) groups excluding carboxylic acids is 1. The Morgan fingerprint density at radius 1 is 1.21 bits per heavy atom. The molecule has 1 fully saturated rings. The van der Waals surface area contributed by atoms with Crippen molar-refractivity contribution in [3.05, 3.63) is 29.3 Å². The molecule has 132 valence electrons. The maximum Gasteiger partial charge on any atom is 0.243 e. The van der Waals surface area contributed by atoms with E-state index in [1.165, 1.54) is 0 Å². The van der Waals surface area contributed by atoms with Gasteiger partial charge in [0.25, 0.3) is 0 Å². The minimum absolute atomic E-state index is 0.107. The topological polar surface area (TPSA) is 65.6 Å². The maximum atomic E-state index is 12.1. The summed E-state index contributed by atoms with van der Waals surface area (Å²) < 4.78 is 5.31. The molecule has 0 saturated carbocycles. The molecule has 1 amide bonds. The smallest absolute Gasteiger partial charge is 0.243 e. The first-order valence-corrected chi connectivity index (χ1v) is 8.65. The van der Waals surface area contributed by atoms with Crippen molar-refractivity contribution in [1.82, 2.24) is 15.5 Å². The summed E-state index contributed by atoms with van der Waals surface area (Å²) in [6, 6.07) is 5.94. The van der Waals surface area contributed by atoms with E-state index in [0.29, 0.717) is 5.11 Å². The predicted molar refractivity (Wildman–Crippen MR) is 100 cm³/mol. The molecule has 1 aromatic rings. The highest BCUT2D eigenvalue weighted by atomic mass is 32.1. The fraction of sp³-hybridized carbons (Fsp3) is 0.529. The van der Waals surface area contributed by atoms with Crippen molar-refractivity contribution in [2.24, 2.45) is 0 Å². The van der Waals surface area contributed by atoms with Crippen LogP contribution in [0.1, 0.15) is 11.1 Å².